The average Bonchev–Trinajstić information content (AvgIpc) is 2.78. The van der Waals surface area contributed by atoms with Crippen LogP contribution in [0.2, 0.25) is 5.28 Å². The van der Waals surface area contributed by atoms with Gasteiger partial charge in [0.1, 0.15) is 0 Å². The minimum Gasteiger partial charge on any atom is -0.357 e. The van der Waals surface area contributed by atoms with Gasteiger partial charge in [-0.1, -0.05) is 24.6 Å². The molecular weight excluding hydrogens is 244 g/mol. The van der Waals surface area contributed by atoms with Crippen molar-refractivity contribution in [3.63, 3.8) is 0 Å². The molecular formula is C10H15ClN4S. The SMILES string of the molecule is CNc1nc(Cl)nc(SCC2CCCC2)n1. The summed E-state index contributed by atoms with van der Waals surface area (Å²) in [7, 11) is 1.77. The Labute approximate surface area is 105 Å². The van der Waals surface area contributed by atoms with Gasteiger partial charge in [-0.15, -0.1) is 0 Å². The number of thioether (sulfide) groups is 1. The topological polar surface area (TPSA) is 50.7 Å². The summed E-state index contributed by atoms with van der Waals surface area (Å²) in [4.78, 5) is 12.3. The first-order chi connectivity index (χ1) is 7.78. The molecule has 16 heavy (non-hydrogen) atoms. The molecule has 0 saturated heterocycles. The van der Waals surface area contributed by atoms with Crippen molar-refractivity contribution in [3.05, 3.63) is 5.28 Å². The lowest BCUT2D eigenvalue weighted by Crippen LogP contribution is -2.02. The fourth-order valence-electron chi connectivity index (χ4n) is 1.88. The van der Waals surface area contributed by atoms with Gasteiger partial charge in [0.25, 0.3) is 0 Å². The van der Waals surface area contributed by atoms with Crippen LogP contribution in [0.5, 0.6) is 0 Å². The van der Waals surface area contributed by atoms with Crippen LogP contribution in [0.4, 0.5) is 5.95 Å². The summed E-state index contributed by atoms with van der Waals surface area (Å²) >= 11 is 7.48. The van der Waals surface area contributed by atoms with E-state index in [2.05, 4.69) is 20.3 Å². The van der Waals surface area contributed by atoms with Crippen LogP contribution >= 0.6 is 23.4 Å². The monoisotopic (exact) mass is 258 g/mol. The maximum absolute atomic E-state index is 5.81. The Morgan fingerprint density at radius 2 is 2.06 bits per heavy atom. The fraction of sp³-hybridized carbons (Fsp3) is 0.700. The highest BCUT2D eigenvalue weighted by Gasteiger charge is 2.16. The van der Waals surface area contributed by atoms with E-state index in [1.807, 2.05) is 0 Å². The van der Waals surface area contributed by atoms with Gasteiger partial charge >= 0.3 is 0 Å². The lowest BCUT2D eigenvalue weighted by atomic mass is 10.1. The molecule has 0 aromatic carbocycles. The molecule has 0 radical (unpaired) electrons. The van der Waals surface area contributed by atoms with Crippen LogP contribution in [0.25, 0.3) is 0 Å². The Balaban J connectivity index is 1.94. The normalized spacial score (nSPS) is 16.6. The van der Waals surface area contributed by atoms with Gasteiger partial charge in [-0.2, -0.15) is 15.0 Å². The molecule has 1 heterocycles. The standard InChI is InChI=1S/C10H15ClN4S/c1-12-9-13-8(11)14-10(15-9)16-6-7-4-2-3-5-7/h7H,2-6H2,1H3,(H,12,13,14,15). The van der Waals surface area contributed by atoms with E-state index >= 15 is 0 Å². The molecule has 0 unspecified atom stereocenters. The molecule has 0 bridgehead atoms. The zero-order chi connectivity index (χ0) is 11.4. The highest BCUT2D eigenvalue weighted by Crippen LogP contribution is 2.30. The van der Waals surface area contributed by atoms with Gasteiger partial charge in [0.05, 0.1) is 0 Å². The van der Waals surface area contributed by atoms with Crippen molar-refractivity contribution in [1.82, 2.24) is 15.0 Å². The fourth-order valence-corrected chi connectivity index (χ4v) is 3.11. The molecule has 0 atom stereocenters. The minimum atomic E-state index is 0.258. The molecule has 1 saturated carbocycles. The van der Waals surface area contributed by atoms with E-state index < -0.39 is 0 Å². The van der Waals surface area contributed by atoms with Crippen LogP contribution in [0, 0.1) is 5.92 Å². The van der Waals surface area contributed by atoms with Gasteiger partial charge in [-0.05, 0) is 30.4 Å². The second kappa shape index (κ2) is 5.68. The molecule has 1 aromatic rings. The van der Waals surface area contributed by atoms with Crippen molar-refractivity contribution in [2.75, 3.05) is 18.1 Å². The zero-order valence-corrected chi connectivity index (χ0v) is 10.8. The Morgan fingerprint density at radius 1 is 1.31 bits per heavy atom. The molecule has 1 fully saturated rings. The lowest BCUT2D eigenvalue weighted by Gasteiger charge is -2.07. The zero-order valence-electron chi connectivity index (χ0n) is 9.24. The molecule has 4 nitrogen and oxygen atoms in total. The van der Waals surface area contributed by atoms with Gasteiger partial charge in [-0.3, -0.25) is 0 Å². The molecule has 1 aliphatic rings. The van der Waals surface area contributed by atoms with Gasteiger partial charge in [-0.25, -0.2) is 0 Å². The number of aromatic nitrogens is 3. The molecule has 1 aliphatic carbocycles. The van der Waals surface area contributed by atoms with E-state index in [4.69, 9.17) is 11.6 Å². The van der Waals surface area contributed by atoms with Crippen molar-refractivity contribution in [2.24, 2.45) is 5.92 Å². The quantitative estimate of drug-likeness (QED) is 0.842. The maximum atomic E-state index is 5.81. The van der Waals surface area contributed by atoms with Crippen LogP contribution in [-0.4, -0.2) is 27.8 Å². The van der Waals surface area contributed by atoms with Gasteiger partial charge < -0.3 is 5.32 Å². The van der Waals surface area contributed by atoms with Gasteiger partial charge in [0, 0.05) is 12.8 Å². The molecule has 0 spiro atoms. The third-order valence-corrected chi connectivity index (χ3v) is 3.98. The molecule has 2 rings (SSSR count). The van der Waals surface area contributed by atoms with Crippen molar-refractivity contribution >= 4 is 29.3 Å². The second-order valence-electron chi connectivity index (χ2n) is 3.92. The van der Waals surface area contributed by atoms with E-state index in [9.17, 15) is 0 Å². The first-order valence-corrected chi connectivity index (χ1v) is 6.86. The number of nitrogens with zero attached hydrogens (tertiary/aromatic N) is 3. The molecule has 88 valence electrons. The summed E-state index contributed by atoms with van der Waals surface area (Å²) in [6, 6.07) is 0. The third-order valence-electron chi connectivity index (χ3n) is 2.73. The summed E-state index contributed by atoms with van der Waals surface area (Å²) in [6.45, 7) is 0. The molecule has 1 aromatic heterocycles. The van der Waals surface area contributed by atoms with Crippen LogP contribution in [0.1, 0.15) is 25.7 Å². The Morgan fingerprint density at radius 3 is 2.75 bits per heavy atom. The van der Waals surface area contributed by atoms with E-state index in [1.165, 1.54) is 25.7 Å². The smallest absolute Gasteiger partial charge is 0.228 e. The van der Waals surface area contributed by atoms with E-state index in [1.54, 1.807) is 18.8 Å². The van der Waals surface area contributed by atoms with Gasteiger partial charge in [0.15, 0.2) is 5.16 Å². The number of hydrogen-bond acceptors (Lipinski definition) is 5. The Kier molecular flexibility index (Phi) is 4.23. The summed E-state index contributed by atoms with van der Waals surface area (Å²) in [6.07, 6.45) is 5.41. The van der Waals surface area contributed by atoms with E-state index in [0.29, 0.717) is 5.95 Å². The number of hydrogen-bond donors (Lipinski definition) is 1. The molecule has 0 amide bonds. The summed E-state index contributed by atoms with van der Waals surface area (Å²) in [5.74, 6) is 2.44. The highest BCUT2D eigenvalue weighted by molar-refractivity contribution is 7.99. The largest absolute Gasteiger partial charge is 0.357 e. The Hall–Kier alpha value is -0.550. The van der Waals surface area contributed by atoms with E-state index in [-0.39, 0.29) is 5.28 Å². The van der Waals surface area contributed by atoms with Crippen LogP contribution in [-0.2, 0) is 0 Å². The molecule has 0 aliphatic heterocycles. The van der Waals surface area contributed by atoms with E-state index in [0.717, 1.165) is 16.8 Å². The molecule has 6 heteroatoms. The number of rotatable bonds is 4. The summed E-state index contributed by atoms with van der Waals surface area (Å²) < 4.78 is 0. The van der Waals surface area contributed by atoms with Crippen LogP contribution in [0.15, 0.2) is 5.16 Å². The highest BCUT2D eigenvalue weighted by atomic mass is 35.5. The van der Waals surface area contributed by atoms with Crippen molar-refractivity contribution in [2.45, 2.75) is 30.8 Å². The van der Waals surface area contributed by atoms with Crippen molar-refractivity contribution < 1.29 is 0 Å². The Bertz CT molecular complexity index is 355. The predicted molar refractivity (Wildman–Crippen MR) is 67.1 cm³/mol. The first-order valence-electron chi connectivity index (χ1n) is 5.50. The predicted octanol–water partition coefficient (Wildman–Crippen LogP) is 2.85. The second-order valence-corrected chi connectivity index (χ2v) is 5.25. The maximum Gasteiger partial charge on any atom is 0.228 e. The lowest BCUT2D eigenvalue weighted by molar-refractivity contribution is 0.622. The first kappa shape index (κ1) is 11.9. The third kappa shape index (κ3) is 3.22. The number of anilines is 1. The summed E-state index contributed by atoms with van der Waals surface area (Å²) in [5, 5.41) is 3.85. The number of nitrogens with one attached hydrogen (secondary N) is 1. The number of halogens is 1. The summed E-state index contributed by atoms with van der Waals surface area (Å²) in [5.41, 5.74) is 0. The van der Waals surface area contributed by atoms with Crippen LogP contribution in [0.3, 0.4) is 0 Å². The molecule has 1 N–H and O–H groups in total. The van der Waals surface area contributed by atoms with Crippen molar-refractivity contribution in [3.8, 4) is 0 Å². The van der Waals surface area contributed by atoms with Crippen LogP contribution < -0.4 is 5.32 Å². The average molecular weight is 259 g/mol. The minimum absolute atomic E-state index is 0.258. The van der Waals surface area contributed by atoms with Crippen molar-refractivity contribution in [1.29, 1.82) is 0 Å². The van der Waals surface area contributed by atoms with Gasteiger partial charge in [0.2, 0.25) is 11.2 Å².